The van der Waals surface area contributed by atoms with Crippen LogP contribution in [0.4, 0.5) is 0 Å². The van der Waals surface area contributed by atoms with Crippen LogP contribution in [0.1, 0.15) is 27.2 Å². The van der Waals surface area contributed by atoms with Crippen LogP contribution in [0.15, 0.2) is 0 Å². The molecule has 0 amide bonds. The second kappa shape index (κ2) is 4.78. The van der Waals surface area contributed by atoms with E-state index in [4.69, 9.17) is 5.11 Å². The first-order chi connectivity index (χ1) is 6.83. The van der Waals surface area contributed by atoms with Crippen molar-refractivity contribution in [2.24, 2.45) is 5.92 Å². The Morgan fingerprint density at radius 1 is 1.47 bits per heavy atom. The van der Waals surface area contributed by atoms with E-state index in [1.54, 1.807) is 18.7 Å². The first-order valence-corrected chi connectivity index (χ1v) is 6.73. The van der Waals surface area contributed by atoms with Crippen molar-refractivity contribution >= 4 is 34.6 Å². The molecule has 1 aliphatic rings. The first kappa shape index (κ1) is 12.9. The van der Waals surface area contributed by atoms with Gasteiger partial charge in [-0.3, -0.25) is 9.59 Å². The van der Waals surface area contributed by atoms with Gasteiger partial charge in [-0.05, 0) is 20.3 Å². The number of carbonyl (C=O) groups excluding carboxylic acids is 1. The van der Waals surface area contributed by atoms with Gasteiger partial charge in [-0.15, -0.1) is 0 Å². The highest BCUT2D eigenvalue weighted by molar-refractivity contribution is 8.15. The van der Waals surface area contributed by atoms with E-state index in [0.717, 1.165) is 0 Å². The summed E-state index contributed by atoms with van der Waals surface area (Å²) < 4.78 is -0.166. The highest BCUT2D eigenvalue weighted by atomic mass is 32.2. The van der Waals surface area contributed by atoms with Gasteiger partial charge in [0.15, 0.2) is 5.12 Å². The highest BCUT2D eigenvalue weighted by Gasteiger charge is 2.40. The minimum absolute atomic E-state index is 0.0966. The molecule has 1 rings (SSSR count). The van der Waals surface area contributed by atoms with Crippen molar-refractivity contribution in [1.29, 1.82) is 0 Å². The van der Waals surface area contributed by atoms with E-state index in [0.29, 0.717) is 12.2 Å². The molecule has 5 heteroatoms. The van der Waals surface area contributed by atoms with Gasteiger partial charge in [-0.25, -0.2) is 0 Å². The second-order valence-electron chi connectivity index (χ2n) is 4.29. The summed E-state index contributed by atoms with van der Waals surface area (Å²) in [4.78, 5) is 21.9. The summed E-state index contributed by atoms with van der Waals surface area (Å²) >= 11 is 2.99. The lowest BCUT2D eigenvalue weighted by molar-refractivity contribution is -0.140. The minimum atomic E-state index is -0.714. The number of carboxylic acid groups (broad SMARTS) is 1. The maximum atomic E-state index is 11.1. The molecule has 1 heterocycles. The van der Waals surface area contributed by atoms with Gasteiger partial charge in [0.2, 0.25) is 0 Å². The molecule has 1 N–H and O–H groups in total. The summed E-state index contributed by atoms with van der Waals surface area (Å²) in [5.74, 6) is -0.289. The number of carboxylic acids is 1. The normalized spacial score (nSPS) is 26.6. The van der Waals surface area contributed by atoms with Gasteiger partial charge in [0.1, 0.15) is 0 Å². The summed E-state index contributed by atoms with van der Waals surface area (Å²) in [5, 5.41) is 9.25. The molecule has 2 unspecified atom stereocenters. The Balaban J connectivity index is 2.59. The zero-order chi connectivity index (χ0) is 11.6. The number of aliphatic carboxylic acids is 1. The van der Waals surface area contributed by atoms with E-state index in [1.165, 1.54) is 11.8 Å². The SMILES string of the molecule is CC(=O)SC(C)(C)C1CC(C(=O)O)CS1. The molecule has 1 saturated heterocycles. The number of thioether (sulfide) groups is 2. The Bertz CT molecular complexity index is 276. The van der Waals surface area contributed by atoms with Crippen molar-refractivity contribution in [3.63, 3.8) is 0 Å². The van der Waals surface area contributed by atoms with E-state index in [9.17, 15) is 9.59 Å². The maximum absolute atomic E-state index is 11.1. The molecule has 0 radical (unpaired) electrons. The van der Waals surface area contributed by atoms with Crippen LogP contribution in [-0.2, 0) is 9.59 Å². The molecule has 15 heavy (non-hydrogen) atoms. The van der Waals surface area contributed by atoms with Crippen molar-refractivity contribution in [1.82, 2.24) is 0 Å². The quantitative estimate of drug-likeness (QED) is 0.830. The number of rotatable bonds is 3. The Morgan fingerprint density at radius 3 is 2.47 bits per heavy atom. The second-order valence-corrected chi connectivity index (χ2v) is 7.36. The highest BCUT2D eigenvalue weighted by Crippen LogP contribution is 2.44. The molecule has 86 valence electrons. The lowest BCUT2D eigenvalue weighted by Gasteiger charge is -2.28. The molecule has 2 atom stereocenters. The topological polar surface area (TPSA) is 54.4 Å². The molecule has 0 aromatic rings. The van der Waals surface area contributed by atoms with Crippen molar-refractivity contribution in [2.45, 2.75) is 37.2 Å². The van der Waals surface area contributed by atoms with E-state index >= 15 is 0 Å². The lowest BCUT2D eigenvalue weighted by atomic mass is 9.99. The number of hydrogen-bond acceptors (Lipinski definition) is 4. The van der Waals surface area contributed by atoms with E-state index in [2.05, 4.69) is 0 Å². The first-order valence-electron chi connectivity index (χ1n) is 4.87. The van der Waals surface area contributed by atoms with E-state index in [-0.39, 0.29) is 21.0 Å². The standard InChI is InChI=1S/C10H16O3S2/c1-6(11)15-10(2,3)8-4-7(5-14-8)9(12)13/h7-8H,4-5H2,1-3H3,(H,12,13). The maximum Gasteiger partial charge on any atom is 0.307 e. The fourth-order valence-electron chi connectivity index (χ4n) is 1.72. The summed E-state index contributed by atoms with van der Waals surface area (Å²) in [6, 6.07) is 0. The van der Waals surface area contributed by atoms with Crippen LogP contribution in [0.2, 0.25) is 0 Å². The third-order valence-electron chi connectivity index (χ3n) is 2.53. The summed E-state index contributed by atoms with van der Waals surface area (Å²) in [6.07, 6.45) is 0.674. The van der Waals surface area contributed by atoms with Crippen LogP contribution in [0.25, 0.3) is 0 Å². The molecule has 0 aromatic carbocycles. The molecule has 0 spiro atoms. The van der Waals surface area contributed by atoms with Gasteiger partial charge >= 0.3 is 5.97 Å². The largest absolute Gasteiger partial charge is 0.481 e. The molecule has 3 nitrogen and oxygen atoms in total. The predicted octanol–water partition coefficient (Wildman–Crippen LogP) is 2.25. The molecule has 1 fully saturated rings. The Kier molecular flexibility index (Phi) is 4.12. The van der Waals surface area contributed by atoms with Gasteiger partial charge in [-0.2, -0.15) is 11.8 Å². The minimum Gasteiger partial charge on any atom is -0.481 e. The Labute approximate surface area is 98.4 Å². The van der Waals surface area contributed by atoms with Gasteiger partial charge in [0.05, 0.1) is 5.92 Å². The average molecular weight is 248 g/mol. The Morgan fingerprint density at radius 2 is 2.07 bits per heavy atom. The molecule has 1 aliphatic heterocycles. The van der Waals surface area contributed by atoms with Crippen LogP contribution in [0.5, 0.6) is 0 Å². The molecular formula is C10H16O3S2. The van der Waals surface area contributed by atoms with Crippen LogP contribution >= 0.6 is 23.5 Å². The van der Waals surface area contributed by atoms with Gasteiger partial charge in [0.25, 0.3) is 0 Å². The molecule has 0 bridgehead atoms. The van der Waals surface area contributed by atoms with Crippen molar-refractivity contribution in [2.75, 3.05) is 5.75 Å². The lowest BCUT2D eigenvalue weighted by Crippen LogP contribution is -2.30. The summed E-state index contributed by atoms with van der Waals surface area (Å²) in [6.45, 7) is 5.59. The molecule has 0 saturated carbocycles. The van der Waals surface area contributed by atoms with Crippen molar-refractivity contribution in [3.8, 4) is 0 Å². The number of carbonyl (C=O) groups is 2. The van der Waals surface area contributed by atoms with Crippen LogP contribution < -0.4 is 0 Å². The predicted molar refractivity (Wildman–Crippen MR) is 64.3 cm³/mol. The van der Waals surface area contributed by atoms with E-state index < -0.39 is 5.97 Å². The van der Waals surface area contributed by atoms with Crippen LogP contribution in [0.3, 0.4) is 0 Å². The smallest absolute Gasteiger partial charge is 0.307 e. The van der Waals surface area contributed by atoms with Crippen LogP contribution in [0, 0.1) is 5.92 Å². The summed E-state index contributed by atoms with van der Waals surface area (Å²) in [5.41, 5.74) is 0. The van der Waals surface area contributed by atoms with Crippen LogP contribution in [-0.4, -0.2) is 31.9 Å². The fourth-order valence-corrected chi connectivity index (χ4v) is 4.55. The van der Waals surface area contributed by atoms with Crippen molar-refractivity contribution in [3.05, 3.63) is 0 Å². The van der Waals surface area contributed by atoms with Gasteiger partial charge < -0.3 is 5.11 Å². The fraction of sp³-hybridized carbons (Fsp3) is 0.800. The van der Waals surface area contributed by atoms with Crippen molar-refractivity contribution < 1.29 is 14.7 Å². The summed E-state index contributed by atoms with van der Waals surface area (Å²) in [7, 11) is 0. The van der Waals surface area contributed by atoms with E-state index in [1.807, 2.05) is 13.8 Å². The zero-order valence-electron chi connectivity index (χ0n) is 9.15. The molecule has 0 aromatic heterocycles. The molecule has 0 aliphatic carbocycles. The third kappa shape index (κ3) is 3.41. The van der Waals surface area contributed by atoms with Gasteiger partial charge in [0, 0.05) is 22.7 Å². The third-order valence-corrected chi connectivity index (χ3v) is 5.55. The molecular weight excluding hydrogens is 232 g/mol. The number of hydrogen-bond donors (Lipinski definition) is 1. The Hall–Kier alpha value is -0.160. The average Bonchev–Trinajstić information content (AvgIpc) is 2.48. The zero-order valence-corrected chi connectivity index (χ0v) is 10.8. The monoisotopic (exact) mass is 248 g/mol. The van der Waals surface area contributed by atoms with Gasteiger partial charge in [-0.1, -0.05) is 11.8 Å².